The van der Waals surface area contributed by atoms with E-state index in [0.29, 0.717) is 25.9 Å². The molecule has 1 aliphatic carbocycles. The van der Waals surface area contributed by atoms with Crippen molar-refractivity contribution in [2.24, 2.45) is 17.8 Å². The van der Waals surface area contributed by atoms with Crippen LogP contribution in [0.2, 0.25) is 0 Å². The molecule has 5 heteroatoms. The number of hydrogen-bond donors (Lipinski definition) is 1. The van der Waals surface area contributed by atoms with E-state index in [1.807, 2.05) is 30.3 Å². The molecule has 1 saturated heterocycles. The second-order valence-corrected chi connectivity index (χ2v) is 6.42. The van der Waals surface area contributed by atoms with Crippen LogP contribution in [0.3, 0.4) is 0 Å². The molecule has 1 aromatic rings. The van der Waals surface area contributed by atoms with E-state index in [0.717, 1.165) is 12.0 Å². The fourth-order valence-corrected chi connectivity index (χ4v) is 3.72. The van der Waals surface area contributed by atoms with E-state index in [2.05, 4.69) is 0 Å². The molecule has 2 fully saturated rings. The van der Waals surface area contributed by atoms with Crippen LogP contribution in [0.25, 0.3) is 0 Å². The highest BCUT2D eigenvalue weighted by Crippen LogP contribution is 2.38. The van der Waals surface area contributed by atoms with E-state index in [-0.39, 0.29) is 30.5 Å². The lowest BCUT2D eigenvalue weighted by Gasteiger charge is -2.42. The van der Waals surface area contributed by atoms with Crippen molar-refractivity contribution in [3.05, 3.63) is 35.9 Å². The predicted molar refractivity (Wildman–Crippen MR) is 80.2 cm³/mol. The van der Waals surface area contributed by atoms with Crippen LogP contribution in [0, 0.1) is 17.8 Å². The number of amides is 1. The molecule has 5 nitrogen and oxygen atoms in total. The summed E-state index contributed by atoms with van der Waals surface area (Å²) >= 11 is 0. The third-order valence-corrected chi connectivity index (χ3v) is 4.67. The molecule has 0 radical (unpaired) electrons. The summed E-state index contributed by atoms with van der Waals surface area (Å²) in [5, 5.41) is 9.17. The molecule has 1 saturated carbocycles. The molecule has 0 spiro atoms. The Hall–Kier alpha value is -2.04. The summed E-state index contributed by atoms with van der Waals surface area (Å²) in [6.45, 7) is 1.52. The van der Waals surface area contributed by atoms with Crippen molar-refractivity contribution in [2.75, 3.05) is 13.1 Å². The number of ether oxygens (including phenoxy) is 1. The Morgan fingerprint density at radius 1 is 1.09 bits per heavy atom. The fourth-order valence-electron chi connectivity index (χ4n) is 3.72. The van der Waals surface area contributed by atoms with Gasteiger partial charge in [-0.1, -0.05) is 30.3 Å². The first-order chi connectivity index (χ1) is 10.6. The number of rotatable bonds is 3. The molecular formula is C17H21NO4. The van der Waals surface area contributed by atoms with Crippen molar-refractivity contribution in [3.8, 4) is 0 Å². The number of carboxylic acid groups (broad SMARTS) is 1. The fraction of sp³-hybridized carbons (Fsp3) is 0.529. The Morgan fingerprint density at radius 2 is 1.73 bits per heavy atom. The number of nitrogens with zero attached hydrogens (tertiary/aromatic N) is 1. The summed E-state index contributed by atoms with van der Waals surface area (Å²) in [7, 11) is 0. The third kappa shape index (κ3) is 3.40. The number of carbonyl (C=O) groups excluding carboxylic acids is 1. The summed E-state index contributed by atoms with van der Waals surface area (Å²) in [4.78, 5) is 25.1. The molecule has 1 aromatic carbocycles. The lowest BCUT2D eigenvalue weighted by Crippen LogP contribution is -2.48. The topological polar surface area (TPSA) is 66.8 Å². The van der Waals surface area contributed by atoms with E-state index in [1.165, 1.54) is 0 Å². The number of piperidine rings is 1. The van der Waals surface area contributed by atoms with Crippen LogP contribution in [0.1, 0.15) is 24.8 Å². The smallest absolute Gasteiger partial charge is 0.410 e. The second kappa shape index (κ2) is 6.38. The lowest BCUT2D eigenvalue weighted by atomic mass is 9.72. The molecule has 118 valence electrons. The first-order valence-corrected chi connectivity index (χ1v) is 7.80. The standard InChI is InChI=1S/C17H21NO4/c19-16(20)15-7-13-6-14(8-15)10-18(9-13)17(21)22-11-12-4-2-1-3-5-12/h1-5,13-15H,6-11H2,(H,19,20). The van der Waals surface area contributed by atoms with Crippen LogP contribution < -0.4 is 0 Å². The quantitative estimate of drug-likeness (QED) is 0.932. The van der Waals surface area contributed by atoms with Crippen molar-refractivity contribution in [1.82, 2.24) is 4.90 Å². The molecule has 2 aliphatic rings. The van der Waals surface area contributed by atoms with Gasteiger partial charge in [-0.3, -0.25) is 4.79 Å². The van der Waals surface area contributed by atoms with Gasteiger partial charge < -0.3 is 14.7 Å². The van der Waals surface area contributed by atoms with Crippen LogP contribution in [0.15, 0.2) is 30.3 Å². The van der Waals surface area contributed by atoms with Crippen molar-refractivity contribution >= 4 is 12.1 Å². The van der Waals surface area contributed by atoms with Gasteiger partial charge >= 0.3 is 12.1 Å². The number of hydrogen-bond acceptors (Lipinski definition) is 3. The maximum atomic E-state index is 12.2. The van der Waals surface area contributed by atoms with E-state index in [9.17, 15) is 14.7 Å². The van der Waals surface area contributed by atoms with Crippen molar-refractivity contribution < 1.29 is 19.4 Å². The van der Waals surface area contributed by atoms with Gasteiger partial charge in [0.15, 0.2) is 0 Å². The summed E-state index contributed by atoms with van der Waals surface area (Å²) in [6, 6.07) is 9.61. The van der Waals surface area contributed by atoms with Gasteiger partial charge in [-0.15, -0.1) is 0 Å². The molecule has 22 heavy (non-hydrogen) atoms. The predicted octanol–water partition coefficient (Wildman–Crippen LogP) is 2.76. The van der Waals surface area contributed by atoms with Gasteiger partial charge in [0.2, 0.25) is 0 Å². The lowest BCUT2D eigenvalue weighted by molar-refractivity contribution is -0.144. The molecule has 1 N–H and O–H groups in total. The Balaban J connectivity index is 1.54. The van der Waals surface area contributed by atoms with Crippen LogP contribution in [-0.2, 0) is 16.1 Å². The largest absolute Gasteiger partial charge is 0.481 e. The zero-order chi connectivity index (χ0) is 15.5. The van der Waals surface area contributed by atoms with Crippen LogP contribution >= 0.6 is 0 Å². The Kier molecular flexibility index (Phi) is 4.32. The minimum absolute atomic E-state index is 0.244. The van der Waals surface area contributed by atoms with E-state index in [1.54, 1.807) is 4.90 Å². The molecule has 3 rings (SSSR count). The zero-order valence-electron chi connectivity index (χ0n) is 12.5. The molecular weight excluding hydrogens is 282 g/mol. The Morgan fingerprint density at radius 3 is 2.32 bits per heavy atom. The minimum atomic E-state index is -0.699. The van der Waals surface area contributed by atoms with Crippen molar-refractivity contribution in [2.45, 2.75) is 25.9 Å². The zero-order valence-corrected chi connectivity index (χ0v) is 12.5. The van der Waals surface area contributed by atoms with E-state index >= 15 is 0 Å². The van der Waals surface area contributed by atoms with Crippen LogP contribution in [0.4, 0.5) is 4.79 Å². The number of carbonyl (C=O) groups is 2. The van der Waals surface area contributed by atoms with Crippen molar-refractivity contribution in [1.29, 1.82) is 0 Å². The van der Waals surface area contributed by atoms with Crippen LogP contribution in [-0.4, -0.2) is 35.2 Å². The highest BCUT2D eigenvalue weighted by molar-refractivity contribution is 5.70. The summed E-state index contributed by atoms with van der Waals surface area (Å²) in [6.07, 6.45) is 2.10. The second-order valence-electron chi connectivity index (χ2n) is 6.42. The van der Waals surface area contributed by atoms with Gasteiger partial charge in [0, 0.05) is 13.1 Å². The average molecular weight is 303 g/mol. The Bertz CT molecular complexity index is 531. The third-order valence-electron chi connectivity index (χ3n) is 4.67. The summed E-state index contributed by atoms with van der Waals surface area (Å²) in [5.74, 6) is -0.364. The monoisotopic (exact) mass is 303 g/mol. The number of carboxylic acids is 1. The maximum absolute atomic E-state index is 12.2. The molecule has 1 heterocycles. The Labute approximate surface area is 129 Å². The van der Waals surface area contributed by atoms with E-state index < -0.39 is 5.97 Å². The number of fused-ring (bicyclic) bond motifs is 2. The van der Waals surface area contributed by atoms with Gasteiger partial charge in [0.25, 0.3) is 0 Å². The molecule has 1 aliphatic heterocycles. The average Bonchev–Trinajstić information content (AvgIpc) is 2.52. The van der Waals surface area contributed by atoms with Gasteiger partial charge in [-0.05, 0) is 36.7 Å². The van der Waals surface area contributed by atoms with Gasteiger partial charge in [-0.25, -0.2) is 4.79 Å². The molecule has 2 atom stereocenters. The number of likely N-dealkylation sites (tertiary alicyclic amines) is 1. The van der Waals surface area contributed by atoms with Gasteiger partial charge in [0.1, 0.15) is 6.61 Å². The maximum Gasteiger partial charge on any atom is 0.410 e. The number of aliphatic carboxylic acids is 1. The van der Waals surface area contributed by atoms with Gasteiger partial charge in [0.05, 0.1) is 5.92 Å². The first kappa shape index (κ1) is 14.9. The minimum Gasteiger partial charge on any atom is -0.481 e. The first-order valence-electron chi connectivity index (χ1n) is 7.80. The summed E-state index contributed by atoms with van der Waals surface area (Å²) in [5.41, 5.74) is 0.971. The SMILES string of the molecule is O=C(O)C1CC2CC(C1)CN(C(=O)OCc1ccccc1)C2. The summed E-state index contributed by atoms with van der Waals surface area (Å²) < 4.78 is 5.38. The molecule has 2 bridgehead atoms. The highest BCUT2D eigenvalue weighted by atomic mass is 16.6. The molecule has 1 amide bonds. The highest BCUT2D eigenvalue weighted by Gasteiger charge is 2.39. The molecule has 0 aromatic heterocycles. The van der Waals surface area contributed by atoms with E-state index in [4.69, 9.17) is 4.74 Å². The number of benzene rings is 1. The van der Waals surface area contributed by atoms with Crippen molar-refractivity contribution in [3.63, 3.8) is 0 Å². The normalized spacial score (nSPS) is 27.3. The molecule has 2 unspecified atom stereocenters. The van der Waals surface area contributed by atoms with Crippen LogP contribution in [0.5, 0.6) is 0 Å². The van der Waals surface area contributed by atoms with Gasteiger partial charge in [-0.2, -0.15) is 0 Å².